The molecule has 0 atom stereocenters. The number of nitrogens with one attached hydrogen (secondary N) is 1. The zero-order valence-corrected chi connectivity index (χ0v) is 15.8. The van der Waals surface area contributed by atoms with Crippen molar-refractivity contribution in [2.75, 3.05) is 18.4 Å². The van der Waals surface area contributed by atoms with Crippen LogP contribution in [-0.2, 0) is 4.74 Å². The van der Waals surface area contributed by atoms with E-state index in [1.807, 2.05) is 0 Å². The third-order valence-electron chi connectivity index (χ3n) is 3.73. The molecular weight excluding hydrogens is 382 g/mol. The minimum absolute atomic E-state index is 0.255. The molecule has 1 aliphatic rings. The third kappa shape index (κ3) is 5.39. The minimum Gasteiger partial charge on any atom is -0.476 e. The Hall–Kier alpha value is -2.69. The molecule has 0 bridgehead atoms. The number of likely N-dealkylation sites (tertiary alicyclic amines) is 1. The number of aromatic nitrogens is 2. The highest BCUT2D eigenvalue weighted by molar-refractivity contribution is 6.28. The van der Waals surface area contributed by atoms with Gasteiger partial charge in [-0.2, -0.15) is 4.98 Å². The Balaban J connectivity index is 2.10. The van der Waals surface area contributed by atoms with Gasteiger partial charge in [-0.25, -0.2) is 14.6 Å². The van der Waals surface area contributed by atoms with Crippen molar-refractivity contribution >= 4 is 35.2 Å². The van der Waals surface area contributed by atoms with Gasteiger partial charge >= 0.3 is 17.7 Å². The molecule has 2 rings (SSSR count). The van der Waals surface area contributed by atoms with Gasteiger partial charge in [-0.05, 0) is 45.2 Å². The number of ether oxygens (including phenoxy) is 1. The molecule has 11 nitrogen and oxygen atoms in total. The highest BCUT2D eigenvalue weighted by Gasteiger charge is 2.32. The second-order valence-corrected chi connectivity index (χ2v) is 7.32. The first-order chi connectivity index (χ1) is 12.5. The lowest BCUT2D eigenvalue weighted by atomic mass is 10.1. The number of nitro groups is 1. The van der Waals surface area contributed by atoms with E-state index >= 15 is 0 Å². The first kappa shape index (κ1) is 20.6. The Labute approximate surface area is 159 Å². The Morgan fingerprint density at radius 3 is 2.41 bits per heavy atom. The number of hydrogen-bond acceptors (Lipinski definition) is 8. The molecule has 12 heteroatoms. The smallest absolute Gasteiger partial charge is 0.410 e. The van der Waals surface area contributed by atoms with Crippen LogP contribution in [0.25, 0.3) is 0 Å². The molecule has 0 aliphatic carbocycles. The second kappa shape index (κ2) is 7.91. The number of carbonyl (C=O) groups excluding carboxylic acids is 1. The number of halogens is 1. The summed E-state index contributed by atoms with van der Waals surface area (Å²) in [5.41, 5.74) is -2.13. The van der Waals surface area contributed by atoms with Crippen LogP contribution in [0.1, 0.15) is 44.1 Å². The Morgan fingerprint density at radius 1 is 1.33 bits per heavy atom. The fourth-order valence-corrected chi connectivity index (χ4v) is 2.75. The van der Waals surface area contributed by atoms with Gasteiger partial charge in [0.2, 0.25) is 16.8 Å². The molecule has 1 aliphatic heterocycles. The lowest BCUT2D eigenvalue weighted by Gasteiger charge is -2.33. The van der Waals surface area contributed by atoms with E-state index in [1.165, 1.54) is 0 Å². The average molecular weight is 402 g/mol. The molecule has 1 aromatic heterocycles. The van der Waals surface area contributed by atoms with Crippen molar-refractivity contribution in [3.63, 3.8) is 0 Å². The van der Waals surface area contributed by atoms with E-state index in [0.29, 0.717) is 25.9 Å². The number of anilines is 1. The van der Waals surface area contributed by atoms with Gasteiger partial charge in [0.05, 0.1) is 4.92 Å². The van der Waals surface area contributed by atoms with Crippen molar-refractivity contribution in [3.05, 3.63) is 21.1 Å². The summed E-state index contributed by atoms with van der Waals surface area (Å²) < 4.78 is 5.31. The monoisotopic (exact) mass is 401 g/mol. The molecule has 0 radical (unpaired) electrons. The number of hydrogen-bond donors (Lipinski definition) is 2. The maximum absolute atomic E-state index is 12.1. The Kier molecular flexibility index (Phi) is 6.04. The maximum atomic E-state index is 12.1. The summed E-state index contributed by atoms with van der Waals surface area (Å²) in [6.07, 6.45) is 0.520. The van der Waals surface area contributed by atoms with E-state index < -0.39 is 39.3 Å². The molecular formula is C15H20ClN5O6. The number of carbonyl (C=O) groups is 2. The summed E-state index contributed by atoms with van der Waals surface area (Å²) in [6.45, 7) is 6.08. The number of nitrogens with zero attached hydrogens (tertiary/aromatic N) is 4. The van der Waals surface area contributed by atoms with E-state index in [2.05, 4.69) is 15.3 Å². The van der Waals surface area contributed by atoms with Crippen LogP contribution in [0.15, 0.2) is 0 Å². The lowest BCUT2D eigenvalue weighted by Crippen LogP contribution is -2.44. The van der Waals surface area contributed by atoms with Crippen LogP contribution in [0.5, 0.6) is 0 Å². The highest BCUT2D eigenvalue weighted by atomic mass is 35.5. The molecule has 1 amide bonds. The molecule has 0 unspecified atom stereocenters. The number of piperidine rings is 1. The second-order valence-electron chi connectivity index (χ2n) is 6.99. The predicted molar refractivity (Wildman–Crippen MR) is 95.1 cm³/mol. The van der Waals surface area contributed by atoms with E-state index in [9.17, 15) is 19.7 Å². The Bertz CT molecular complexity index is 758. The van der Waals surface area contributed by atoms with Gasteiger partial charge in [-0.1, -0.05) is 0 Å². The number of aromatic carboxylic acids is 1. The normalized spacial score (nSPS) is 15.3. The standard InChI is InChI=1S/C15H20ClN5O6/c1-15(2,3)27-14(24)20-6-4-8(5-7-20)17-11-10(21(25)26)9(12(22)23)18-13(16)19-11/h8H,4-7H2,1-3H3,(H,22,23)(H,17,18,19). The van der Waals surface area contributed by atoms with E-state index in [4.69, 9.17) is 21.4 Å². The molecule has 0 saturated carbocycles. The van der Waals surface area contributed by atoms with Crippen molar-refractivity contribution in [3.8, 4) is 0 Å². The summed E-state index contributed by atoms with van der Waals surface area (Å²) in [6, 6.07) is -0.255. The van der Waals surface area contributed by atoms with Gasteiger partial charge in [0.25, 0.3) is 0 Å². The van der Waals surface area contributed by atoms with Crippen LogP contribution in [0.2, 0.25) is 5.28 Å². The van der Waals surface area contributed by atoms with Gasteiger partial charge in [-0.15, -0.1) is 0 Å². The topological polar surface area (TPSA) is 148 Å². The molecule has 1 fully saturated rings. The van der Waals surface area contributed by atoms with Gasteiger partial charge in [0.1, 0.15) is 5.60 Å². The number of carboxylic acids is 1. The number of carboxylic acid groups (broad SMARTS) is 1. The summed E-state index contributed by atoms with van der Waals surface area (Å²) in [5, 5.41) is 22.8. The van der Waals surface area contributed by atoms with Gasteiger partial charge in [-0.3, -0.25) is 10.1 Å². The summed E-state index contributed by atoms with van der Waals surface area (Å²) in [7, 11) is 0. The molecule has 1 saturated heterocycles. The molecule has 1 aromatic rings. The zero-order valence-electron chi connectivity index (χ0n) is 15.1. The maximum Gasteiger partial charge on any atom is 0.410 e. The van der Waals surface area contributed by atoms with Crippen molar-refractivity contribution < 1.29 is 24.4 Å². The molecule has 2 heterocycles. The Morgan fingerprint density at radius 2 is 1.93 bits per heavy atom. The average Bonchev–Trinajstić information content (AvgIpc) is 2.52. The molecule has 0 spiro atoms. The summed E-state index contributed by atoms with van der Waals surface area (Å²) in [5.74, 6) is -1.83. The van der Waals surface area contributed by atoms with E-state index in [0.717, 1.165) is 0 Å². The van der Waals surface area contributed by atoms with E-state index in [1.54, 1.807) is 25.7 Å². The van der Waals surface area contributed by atoms with Gasteiger partial charge in [0.15, 0.2) is 0 Å². The van der Waals surface area contributed by atoms with Crippen LogP contribution >= 0.6 is 11.6 Å². The largest absolute Gasteiger partial charge is 0.476 e. The van der Waals surface area contributed by atoms with Crippen molar-refractivity contribution in [1.29, 1.82) is 0 Å². The van der Waals surface area contributed by atoms with Crippen molar-refractivity contribution in [2.24, 2.45) is 0 Å². The fourth-order valence-electron chi connectivity index (χ4n) is 2.58. The predicted octanol–water partition coefficient (Wildman–Crippen LogP) is 2.55. The first-order valence-corrected chi connectivity index (χ1v) is 8.55. The highest BCUT2D eigenvalue weighted by Crippen LogP contribution is 2.29. The fraction of sp³-hybridized carbons (Fsp3) is 0.600. The molecule has 0 aromatic carbocycles. The summed E-state index contributed by atoms with van der Waals surface area (Å²) in [4.78, 5) is 42.5. The minimum atomic E-state index is -1.58. The van der Waals surface area contributed by atoms with Gasteiger partial charge < -0.3 is 20.1 Å². The van der Waals surface area contributed by atoms with Crippen molar-refractivity contribution in [1.82, 2.24) is 14.9 Å². The van der Waals surface area contributed by atoms with Crippen LogP contribution in [0.3, 0.4) is 0 Å². The van der Waals surface area contributed by atoms with Gasteiger partial charge in [0, 0.05) is 19.1 Å². The van der Waals surface area contributed by atoms with E-state index in [-0.39, 0.29) is 11.9 Å². The zero-order chi connectivity index (χ0) is 20.4. The van der Waals surface area contributed by atoms with Crippen molar-refractivity contribution in [2.45, 2.75) is 45.3 Å². The van der Waals surface area contributed by atoms with Crippen LogP contribution < -0.4 is 5.32 Å². The number of rotatable bonds is 4. The molecule has 27 heavy (non-hydrogen) atoms. The lowest BCUT2D eigenvalue weighted by molar-refractivity contribution is -0.384. The van der Waals surface area contributed by atoms with Crippen LogP contribution in [-0.4, -0.2) is 61.7 Å². The van der Waals surface area contributed by atoms with Crippen LogP contribution in [0.4, 0.5) is 16.3 Å². The first-order valence-electron chi connectivity index (χ1n) is 8.17. The van der Waals surface area contributed by atoms with Crippen LogP contribution in [0, 0.1) is 10.1 Å². The SMILES string of the molecule is CC(C)(C)OC(=O)N1CCC(Nc2nc(Cl)nc(C(=O)O)c2[N+](=O)[O-])CC1. The molecule has 2 N–H and O–H groups in total. The summed E-state index contributed by atoms with van der Waals surface area (Å²) >= 11 is 5.70. The molecule has 148 valence electrons. The third-order valence-corrected chi connectivity index (χ3v) is 3.90. The quantitative estimate of drug-likeness (QED) is 0.441. The number of amides is 1.